The fraction of sp³-hybridized carbons (Fsp3) is 0.0714. The van der Waals surface area contributed by atoms with Gasteiger partial charge in [-0.25, -0.2) is 0 Å². The van der Waals surface area contributed by atoms with Gasteiger partial charge in [0.2, 0.25) is 0 Å². The van der Waals surface area contributed by atoms with E-state index in [1.807, 2.05) is 13.0 Å². The van der Waals surface area contributed by atoms with E-state index >= 15 is 0 Å². The number of nitrogens with zero attached hydrogens (tertiary/aromatic N) is 2. The number of ketones is 1. The van der Waals surface area contributed by atoms with E-state index in [-0.39, 0.29) is 5.78 Å². The first-order chi connectivity index (χ1) is 8.22. The molecular formula is C14H10N2O. The van der Waals surface area contributed by atoms with Gasteiger partial charge in [0.05, 0.1) is 11.6 Å². The minimum atomic E-state index is -0.104. The van der Waals surface area contributed by atoms with Crippen molar-refractivity contribution in [2.75, 3.05) is 0 Å². The van der Waals surface area contributed by atoms with E-state index in [1.54, 1.807) is 42.7 Å². The summed E-state index contributed by atoms with van der Waals surface area (Å²) in [6.07, 6.45) is 3.20. The Morgan fingerprint density at radius 3 is 2.88 bits per heavy atom. The third-order valence-electron chi connectivity index (χ3n) is 2.54. The van der Waals surface area contributed by atoms with Crippen molar-refractivity contribution >= 4 is 5.78 Å². The van der Waals surface area contributed by atoms with Gasteiger partial charge in [-0.3, -0.25) is 9.78 Å². The van der Waals surface area contributed by atoms with Crippen LogP contribution in [0.1, 0.15) is 27.0 Å². The highest BCUT2D eigenvalue weighted by atomic mass is 16.1. The maximum absolute atomic E-state index is 12.2. The summed E-state index contributed by atoms with van der Waals surface area (Å²) in [6.45, 7) is 1.86. The molecule has 3 nitrogen and oxygen atoms in total. The van der Waals surface area contributed by atoms with Gasteiger partial charge < -0.3 is 0 Å². The number of nitriles is 1. The number of carbonyl (C=O) groups excluding carboxylic acids is 1. The second kappa shape index (κ2) is 4.58. The number of aromatic nitrogens is 1. The van der Waals surface area contributed by atoms with E-state index in [1.165, 1.54) is 0 Å². The summed E-state index contributed by atoms with van der Waals surface area (Å²) in [4.78, 5) is 16.1. The molecule has 0 bridgehead atoms. The van der Waals surface area contributed by atoms with Gasteiger partial charge in [-0.05, 0) is 30.7 Å². The maximum atomic E-state index is 12.2. The van der Waals surface area contributed by atoms with Crippen LogP contribution in [-0.2, 0) is 0 Å². The zero-order chi connectivity index (χ0) is 12.3. The zero-order valence-electron chi connectivity index (χ0n) is 9.34. The minimum absolute atomic E-state index is 0.104. The standard InChI is InChI=1S/C14H10N2O/c1-10-5-6-16-9-13(10)14(17)12-4-2-3-11(7-12)8-15/h2-7,9H,1H3. The van der Waals surface area contributed by atoms with Crippen molar-refractivity contribution < 1.29 is 4.79 Å². The van der Waals surface area contributed by atoms with Crippen LogP contribution >= 0.6 is 0 Å². The molecule has 0 aliphatic rings. The van der Waals surface area contributed by atoms with Crippen molar-refractivity contribution in [3.05, 3.63) is 65.0 Å². The molecule has 2 aromatic rings. The Morgan fingerprint density at radius 2 is 2.18 bits per heavy atom. The summed E-state index contributed by atoms with van der Waals surface area (Å²) in [5.74, 6) is -0.104. The highest BCUT2D eigenvalue weighted by Crippen LogP contribution is 2.13. The Hall–Kier alpha value is -2.47. The molecule has 0 amide bonds. The first kappa shape index (κ1) is 11.0. The number of benzene rings is 1. The van der Waals surface area contributed by atoms with Crippen LogP contribution in [0.5, 0.6) is 0 Å². The van der Waals surface area contributed by atoms with E-state index in [2.05, 4.69) is 4.98 Å². The van der Waals surface area contributed by atoms with Gasteiger partial charge in [-0.15, -0.1) is 0 Å². The molecule has 1 aromatic carbocycles. The van der Waals surface area contributed by atoms with Crippen LogP contribution in [0, 0.1) is 18.3 Å². The van der Waals surface area contributed by atoms with Gasteiger partial charge in [-0.1, -0.05) is 12.1 Å². The Morgan fingerprint density at radius 1 is 1.35 bits per heavy atom. The van der Waals surface area contributed by atoms with Gasteiger partial charge in [-0.2, -0.15) is 5.26 Å². The van der Waals surface area contributed by atoms with E-state index < -0.39 is 0 Å². The quantitative estimate of drug-likeness (QED) is 0.733. The molecule has 1 aromatic heterocycles. The Kier molecular flexibility index (Phi) is 2.97. The molecule has 0 radical (unpaired) electrons. The van der Waals surface area contributed by atoms with Crippen LogP contribution < -0.4 is 0 Å². The molecule has 0 saturated carbocycles. The molecule has 0 spiro atoms. The highest BCUT2D eigenvalue weighted by Gasteiger charge is 2.11. The van der Waals surface area contributed by atoms with Gasteiger partial charge in [0.25, 0.3) is 0 Å². The zero-order valence-corrected chi connectivity index (χ0v) is 9.34. The molecular weight excluding hydrogens is 212 g/mol. The largest absolute Gasteiger partial charge is 0.289 e. The first-order valence-corrected chi connectivity index (χ1v) is 5.18. The number of pyridine rings is 1. The maximum Gasteiger partial charge on any atom is 0.194 e. The lowest BCUT2D eigenvalue weighted by atomic mass is 10.00. The van der Waals surface area contributed by atoms with E-state index in [9.17, 15) is 4.79 Å². The predicted molar refractivity (Wildman–Crippen MR) is 63.6 cm³/mol. The highest BCUT2D eigenvalue weighted by molar-refractivity contribution is 6.09. The second-order valence-electron chi connectivity index (χ2n) is 3.71. The first-order valence-electron chi connectivity index (χ1n) is 5.18. The van der Waals surface area contributed by atoms with Gasteiger partial charge in [0.1, 0.15) is 0 Å². The Balaban J connectivity index is 2.45. The van der Waals surface area contributed by atoms with E-state index in [4.69, 9.17) is 5.26 Å². The number of hydrogen-bond acceptors (Lipinski definition) is 3. The molecule has 3 heteroatoms. The molecule has 0 aliphatic heterocycles. The van der Waals surface area contributed by atoms with Crippen molar-refractivity contribution in [2.45, 2.75) is 6.92 Å². The minimum Gasteiger partial charge on any atom is -0.289 e. The summed E-state index contributed by atoms with van der Waals surface area (Å²) in [6, 6.07) is 10.5. The van der Waals surface area contributed by atoms with Crippen molar-refractivity contribution in [3.8, 4) is 6.07 Å². The molecule has 82 valence electrons. The molecule has 0 aliphatic carbocycles. The van der Waals surface area contributed by atoms with Gasteiger partial charge >= 0.3 is 0 Å². The molecule has 0 fully saturated rings. The van der Waals surface area contributed by atoms with Crippen molar-refractivity contribution in [1.29, 1.82) is 5.26 Å². The summed E-state index contributed by atoms with van der Waals surface area (Å²) in [7, 11) is 0. The van der Waals surface area contributed by atoms with Crippen LogP contribution in [0.3, 0.4) is 0 Å². The molecule has 2 rings (SSSR count). The summed E-state index contributed by atoms with van der Waals surface area (Å²) in [5, 5.41) is 8.80. The van der Waals surface area contributed by atoms with E-state index in [0.717, 1.165) is 5.56 Å². The van der Waals surface area contributed by atoms with Crippen molar-refractivity contribution in [1.82, 2.24) is 4.98 Å². The van der Waals surface area contributed by atoms with Gasteiger partial charge in [0.15, 0.2) is 5.78 Å². The van der Waals surface area contributed by atoms with E-state index in [0.29, 0.717) is 16.7 Å². The summed E-state index contributed by atoms with van der Waals surface area (Å²) < 4.78 is 0. The van der Waals surface area contributed by atoms with Crippen molar-refractivity contribution in [3.63, 3.8) is 0 Å². The second-order valence-corrected chi connectivity index (χ2v) is 3.71. The average Bonchev–Trinajstić information content (AvgIpc) is 2.38. The fourth-order valence-corrected chi connectivity index (χ4v) is 1.59. The van der Waals surface area contributed by atoms with Crippen molar-refractivity contribution in [2.24, 2.45) is 0 Å². The Labute approximate surface area is 99.4 Å². The molecule has 0 saturated heterocycles. The van der Waals surface area contributed by atoms with Crippen LogP contribution in [-0.4, -0.2) is 10.8 Å². The summed E-state index contributed by atoms with van der Waals surface area (Å²) >= 11 is 0. The molecule has 1 heterocycles. The molecule has 0 N–H and O–H groups in total. The fourth-order valence-electron chi connectivity index (χ4n) is 1.59. The topological polar surface area (TPSA) is 53.8 Å². The molecule has 0 unspecified atom stereocenters. The predicted octanol–water partition coefficient (Wildman–Crippen LogP) is 2.49. The third kappa shape index (κ3) is 2.21. The van der Waals surface area contributed by atoms with Crippen LogP contribution in [0.4, 0.5) is 0 Å². The molecule has 17 heavy (non-hydrogen) atoms. The van der Waals surface area contributed by atoms with Crippen LogP contribution in [0.2, 0.25) is 0 Å². The summed E-state index contributed by atoms with van der Waals surface area (Å²) in [5.41, 5.74) is 2.45. The third-order valence-corrected chi connectivity index (χ3v) is 2.54. The number of hydrogen-bond donors (Lipinski definition) is 0. The smallest absolute Gasteiger partial charge is 0.194 e. The normalized spacial score (nSPS) is 9.65. The Bertz CT molecular complexity index is 612. The average molecular weight is 222 g/mol. The number of carbonyl (C=O) groups is 1. The lowest BCUT2D eigenvalue weighted by Gasteiger charge is -2.04. The van der Waals surface area contributed by atoms with Gasteiger partial charge in [0, 0.05) is 23.5 Å². The SMILES string of the molecule is Cc1ccncc1C(=O)c1cccc(C#N)c1. The number of rotatable bonds is 2. The van der Waals surface area contributed by atoms with Crippen LogP contribution in [0.25, 0.3) is 0 Å². The lowest BCUT2D eigenvalue weighted by molar-refractivity contribution is 0.103. The lowest BCUT2D eigenvalue weighted by Crippen LogP contribution is -2.04. The van der Waals surface area contributed by atoms with Crippen LogP contribution in [0.15, 0.2) is 42.7 Å². The number of aryl methyl sites for hydroxylation is 1. The molecule has 0 atom stereocenters. The monoisotopic (exact) mass is 222 g/mol.